The maximum absolute atomic E-state index is 10.4. The Morgan fingerprint density at radius 3 is 1.27 bits per heavy atom. The summed E-state index contributed by atoms with van der Waals surface area (Å²) in [5, 5.41) is 20.9. The van der Waals surface area contributed by atoms with Crippen molar-refractivity contribution in [1.82, 2.24) is 0 Å². The number of hydrogen-bond acceptors (Lipinski definition) is 2. The molecule has 2 rings (SSSR count). The molecule has 0 spiro atoms. The second kappa shape index (κ2) is 8.11. The highest BCUT2D eigenvalue weighted by Gasteiger charge is 2.27. The number of aliphatic hydroxyl groups excluding tert-OH is 2. The fourth-order valence-electron chi connectivity index (χ4n) is 2.89. The quantitative estimate of drug-likeness (QED) is 0.822. The van der Waals surface area contributed by atoms with Gasteiger partial charge in [0, 0.05) is 0 Å². The molecule has 0 aliphatic rings. The Balaban J connectivity index is 1.91. The van der Waals surface area contributed by atoms with Gasteiger partial charge in [-0.15, -0.1) is 0 Å². The molecule has 0 bridgehead atoms. The first kappa shape index (κ1) is 16.7. The van der Waals surface area contributed by atoms with E-state index in [2.05, 4.69) is 24.3 Å². The van der Waals surface area contributed by atoms with Crippen molar-refractivity contribution in [3.05, 3.63) is 71.8 Å². The van der Waals surface area contributed by atoms with Gasteiger partial charge in [0.2, 0.25) is 0 Å². The van der Waals surface area contributed by atoms with Gasteiger partial charge in [0.1, 0.15) is 0 Å². The zero-order valence-electron chi connectivity index (χ0n) is 13.4. The molecule has 0 saturated carbocycles. The maximum atomic E-state index is 10.4. The van der Waals surface area contributed by atoms with E-state index < -0.39 is 12.2 Å². The van der Waals surface area contributed by atoms with Crippen LogP contribution in [0.2, 0.25) is 0 Å². The molecule has 22 heavy (non-hydrogen) atoms. The Bertz CT molecular complexity index is 487. The maximum Gasteiger partial charge on any atom is 0.0830 e. The molecule has 0 fully saturated rings. The second-order valence-electron chi connectivity index (χ2n) is 6.32. The van der Waals surface area contributed by atoms with Crippen LogP contribution in [0.5, 0.6) is 0 Å². The van der Waals surface area contributed by atoms with Crippen LogP contribution >= 0.6 is 0 Å². The smallest absolute Gasteiger partial charge is 0.0830 e. The molecule has 2 aromatic carbocycles. The van der Waals surface area contributed by atoms with Gasteiger partial charge in [0.05, 0.1) is 12.2 Å². The molecule has 0 amide bonds. The lowest BCUT2D eigenvalue weighted by Gasteiger charge is -2.28. The van der Waals surface area contributed by atoms with Crippen LogP contribution in [-0.2, 0) is 12.8 Å². The summed E-state index contributed by atoms with van der Waals surface area (Å²) in [6, 6.07) is 20.2. The van der Waals surface area contributed by atoms with E-state index in [-0.39, 0.29) is 11.8 Å². The molecule has 0 aliphatic carbocycles. The molecule has 4 atom stereocenters. The molecule has 0 unspecified atom stereocenters. The number of aliphatic hydroxyl groups is 2. The van der Waals surface area contributed by atoms with Gasteiger partial charge in [0.25, 0.3) is 0 Å². The standard InChI is InChI=1S/C20H26O2/c1-15(13-17-9-5-3-6-10-17)19(21)20(22)16(2)14-18-11-7-4-8-12-18/h3-12,15-16,19-22H,13-14H2,1-2H3/t15-,16-,19+,20+/m0/s1. The summed E-state index contributed by atoms with van der Waals surface area (Å²) in [7, 11) is 0. The molecule has 0 heterocycles. The number of benzene rings is 2. The third-order valence-electron chi connectivity index (χ3n) is 4.32. The van der Waals surface area contributed by atoms with Crippen molar-refractivity contribution >= 4 is 0 Å². The van der Waals surface area contributed by atoms with Crippen molar-refractivity contribution in [1.29, 1.82) is 0 Å². The summed E-state index contributed by atoms with van der Waals surface area (Å²) in [6.45, 7) is 3.99. The molecule has 0 aliphatic heterocycles. The number of hydrogen-bond donors (Lipinski definition) is 2. The summed E-state index contributed by atoms with van der Waals surface area (Å²) in [4.78, 5) is 0. The first-order valence-electron chi connectivity index (χ1n) is 8.02. The molecular weight excluding hydrogens is 272 g/mol. The van der Waals surface area contributed by atoms with Crippen LogP contribution in [0.1, 0.15) is 25.0 Å². The van der Waals surface area contributed by atoms with Gasteiger partial charge in [-0.3, -0.25) is 0 Å². The van der Waals surface area contributed by atoms with Gasteiger partial charge < -0.3 is 10.2 Å². The lowest BCUT2D eigenvalue weighted by molar-refractivity contribution is -0.0396. The Morgan fingerprint density at radius 1 is 0.636 bits per heavy atom. The lowest BCUT2D eigenvalue weighted by Crippen LogP contribution is -2.38. The van der Waals surface area contributed by atoms with Crippen molar-refractivity contribution in [2.24, 2.45) is 11.8 Å². The highest BCUT2D eigenvalue weighted by atomic mass is 16.3. The summed E-state index contributed by atoms with van der Waals surface area (Å²) in [5.74, 6) is 0.0475. The lowest BCUT2D eigenvalue weighted by atomic mass is 9.85. The van der Waals surface area contributed by atoms with E-state index >= 15 is 0 Å². The van der Waals surface area contributed by atoms with Gasteiger partial charge in [-0.2, -0.15) is 0 Å². The molecule has 0 radical (unpaired) electrons. The average molecular weight is 298 g/mol. The van der Waals surface area contributed by atoms with E-state index in [9.17, 15) is 10.2 Å². The van der Waals surface area contributed by atoms with E-state index in [1.165, 1.54) is 11.1 Å². The van der Waals surface area contributed by atoms with Crippen molar-refractivity contribution in [3.63, 3.8) is 0 Å². The largest absolute Gasteiger partial charge is 0.390 e. The molecule has 2 nitrogen and oxygen atoms in total. The zero-order chi connectivity index (χ0) is 15.9. The minimum atomic E-state index is -0.709. The Morgan fingerprint density at radius 2 is 0.955 bits per heavy atom. The third kappa shape index (κ3) is 4.69. The summed E-state index contributed by atoms with van der Waals surface area (Å²) in [6.07, 6.45) is 0.131. The average Bonchev–Trinajstić information content (AvgIpc) is 2.55. The van der Waals surface area contributed by atoms with Crippen LogP contribution in [-0.4, -0.2) is 22.4 Å². The Kier molecular flexibility index (Phi) is 6.17. The molecule has 2 aromatic rings. The van der Waals surface area contributed by atoms with E-state index in [4.69, 9.17) is 0 Å². The van der Waals surface area contributed by atoms with E-state index in [1.54, 1.807) is 0 Å². The van der Waals surface area contributed by atoms with Crippen molar-refractivity contribution in [3.8, 4) is 0 Å². The second-order valence-corrected chi connectivity index (χ2v) is 6.32. The molecule has 118 valence electrons. The van der Waals surface area contributed by atoms with Crippen LogP contribution in [0.4, 0.5) is 0 Å². The van der Waals surface area contributed by atoms with Gasteiger partial charge >= 0.3 is 0 Å². The van der Waals surface area contributed by atoms with Crippen LogP contribution < -0.4 is 0 Å². The van der Waals surface area contributed by atoms with Crippen molar-refractivity contribution < 1.29 is 10.2 Å². The predicted molar refractivity (Wildman–Crippen MR) is 90.6 cm³/mol. The zero-order valence-corrected chi connectivity index (χ0v) is 13.4. The van der Waals surface area contributed by atoms with E-state index in [0.29, 0.717) is 0 Å². The monoisotopic (exact) mass is 298 g/mol. The van der Waals surface area contributed by atoms with Crippen LogP contribution in [0.15, 0.2) is 60.7 Å². The van der Waals surface area contributed by atoms with Crippen LogP contribution in [0, 0.1) is 11.8 Å². The number of rotatable bonds is 7. The highest BCUT2D eigenvalue weighted by molar-refractivity contribution is 5.16. The minimum absolute atomic E-state index is 0.0237. The summed E-state index contributed by atoms with van der Waals surface area (Å²) >= 11 is 0. The molecular formula is C20H26O2. The fourth-order valence-corrected chi connectivity index (χ4v) is 2.89. The third-order valence-corrected chi connectivity index (χ3v) is 4.32. The van der Waals surface area contributed by atoms with Gasteiger partial charge in [-0.25, -0.2) is 0 Å². The van der Waals surface area contributed by atoms with Crippen LogP contribution in [0.25, 0.3) is 0 Å². The first-order valence-corrected chi connectivity index (χ1v) is 8.02. The Hall–Kier alpha value is -1.64. The summed E-state index contributed by atoms with van der Waals surface area (Å²) in [5.41, 5.74) is 2.38. The Labute approximate surface area is 133 Å². The van der Waals surface area contributed by atoms with Crippen molar-refractivity contribution in [2.45, 2.75) is 38.9 Å². The fraction of sp³-hybridized carbons (Fsp3) is 0.400. The first-order chi connectivity index (χ1) is 10.6. The molecule has 2 heteroatoms. The van der Waals surface area contributed by atoms with E-state index in [1.807, 2.05) is 50.2 Å². The summed E-state index contributed by atoms with van der Waals surface area (Å²) < 4.78 is 0. The van der Waals surface area contributed by atoms with Gasteiger partial charge in [-0.1, -0.05) is 74.5 Å². The SMILES string of the molecule is C[C@@H](Cc1ccccc1)[C@@H](O)[C@H](O)[C@@H](C)Cc1ccccc1. The van der Waals surface area contributed by atoms with Crippen molar-refractivity contribution in [2.75, 3.05) is 0 Å². The van der Waals surface area contributed by atoms with Gasteiger partial charge in [-0.05, 0) is 35.8 Å². The topological polar surface area (TPSA) is 40.5 Å². The van der Waals surface area contributed by atoms with Crippen LogP contribution in [0.3, 0.4) is 0 Å². The minimum Gasteiger partial charge on any atom is -0.390 e. The van der Waals surface area contributed by atoms with E-state index in [0.717, 1.165) is 12.8 Å². The molecule has 0 saturated heterocycles. The normalized spacial score (nSPS) is 16.7. The molecule has 0 aromatic heterocycles. The van der Waals surface area contributed by atoms with Gasteiger partial charge in [0.15, 0.2) is 0 Å². The molecule has 2 N–H and O–H groups in total. The predicted octanol–water partition coefficient (Wildman–Crippen LogP) is 3.47. The highest BCUT2D eigenvalue weighted by Crippen LogP contribution is 2.21.